The number of alkyl halides is 3. The highest BCUT2D eigenvalue weighted by atomic mass is 32.1. The van der Waals surface area contributed by atoms with Gasteiger partial charge in [0, 0.05) is 5.38 Å². The third kappa shape index (κ3) is 6.99. The Morgan fingerprint density at radius 3 is 2.36 bits per heavy atom. The first-order chi connectivity index (χ1) is 15.6. The second kappa shape index (κ2) is 11.8. The molecule has 0 spiro atoms. The lowest BCUT2D eigenvalue weighted by Crippen LogP contribution is -2.35. The van der Waals surface area contributed by atoms with Crippen molar-refractivity contribution < 1.29 is 41.9 Å². The molecule has 1 aromatic heterocycles. The normalized spacial score (nSPS) is 11.2. The molecule has 1 amide bonds. The molecule has 0 aliphatic carbocycles. The smallest absolute Gasteiger partial charge is 0.443 e. The van der Waals surface area contributed by atoms with Gasteiger partial charge in [0.25, 0.3) is 5.91 Å². The predicted octanol–water partition coefficient (Wildman–Crippen LogP) is 4.32. The van der Waals surface area contributed by atoms with Gasteiger partial charge in [0.05, 0.1) is 30.2 Å². The molecule has 0 bridgehead atoms. The molecule has 0 aliphatic rings. The Bertz CT molecular complexity index is 993. The number of ether oxygens (including phenoxy) is 2. The molecule has 12 heteroatoms. The van der Waals surface area contributed by atoms with E-state index < -0.39 is 42.1 Å². The largest absolute Gasteiger partial charge is 0.466 e. The number of benzene rings is 1. The number of nitrogens with zero attached hydrogens (tertiary/aromatic N) is 2. The lowest BCUT2D eigenvalue weighted by molar-refractivity contribution is -0.147. The number of hydrogen-bond donors (Lipinski definition) is 0. The third-order valence-electron chi connectivity index (χ3n) is 4.16. The Morgan fingerprint density at radius 2 is 1.79 bits per heavy atom. The quantitative estimate of drug-likeness (QED) is 0.279. The number of thiazole rings is 1. The van der Waals surface area contributed by atoms with Crippen molar-refractivity contribution in [1.29, 1.82) is 0 Å². The number of halogens is 3. The van der Waals surface area contributed by atoms with Crippen molar-refractivity contribution >= 4 is 34.9 Å². The Balaban J connectivity index is 2.45. The van der Waals surface area contributed by atoms with Crippen LogP contribution in [0.4, 0.5) is 18.9 Å². The van der Waals surface area contributed by atoms with E-state index in [1.807, 2.05) is 0 Å². The van der Waals surface area contributed by atoms with Crippen molar-refractivity contribution in [3.63, 3.8) is 0 Å². The van der Waals surface area contributed by atoms with Crippen molar-refractivity contribution in [2.75, 3.05) is 18.3 Å². The van der Waals surface area contributed by atoms with E-state index in [9.17, 15) is 27.6 Å². The maximum absolute atomic E-state index is 13.0. The fourth-order valence-electron chi connectivity index (χ4n) is 2.79. The lowest BCUT2D eigenvalue weighted by Gasteiger charge is -2.25. The minimum Gasteiger partial charge on any atom is -0.466 e. The summed E-state index contributed by atoms with van der Waals surface area (Å²) < 4.78 is 48.5. The van der Waals surface area contributed by atoms with Gasteiger partial charge in [0.2, 0.25) is 0 Å². The highest BCUT2D eigenvalue weighted by Crippen LogP contribution is 2.33. The Morgan fingerprint density at radius 1 is 1.09 bits per heavy atom. The van der Waals surface area contributed by atoms with Gasteiger partial charge in [-0.3, -0.25) is 14.4 Å². The molecule has 180 valence electrons. The Hall–Kier alpha value is -2.99. The van der Waals surface area contributed by atoms with E-state index >= 15 is 0 Å². The van der Waals surface area contributed by atoms with E-state index in [1.165, 1.54) is 6.07 Å². The molecule has 33 heavy (non-hydrogen) atoms. The number of aromatic nitrogens is 1. The zero-order valence-corrected chi connectivity index (χ0v) is 19.0. The van der Waals surface area contributed by atoms with E-state index in [4.69, 9.17) is 14.3 Å². The van der Waals surface area contributed by atoms with Gasteiger partial charge in [-0.05, 0) is 31.9 Å². The standard InChI is InChI=1S/C21H23F3N2O6S/c1-4-13-8-7-9-15(19(29)31-6-3)18(13)26(16(27)10-17(28)30-5-2)32-11-14-12-33-20(25-14)21(22,23)24/h7-9,12H,4-6,10-11H2,1-3H3. The van der Waals surface area contributed by atoms with E-state index in [1.54, 1.807) is 32.9 Å². The molecule has 1 aromatic carbocycles. The molecule has 8 nitrogen and oxygen atoms in total. The second-order valence-corrected chi connectivity index (χ2v) is 7.33. The number of rotatable bonds is 10. The highest BCUT2D eigenvalue weighted by Gasteiger charge is 2.35. The van der Waals surface area contributed by atoms with Crippen LogP contribution in [0, 0.1) is 0 Å². The molecule has 0 N–H and O–H groups in total. The van der Waals surface area contributed by atoms with Crippen LogP contribution in [0.5, 0.6) is 0 Å². The first-order valence-corrected chi connectivity index (χ1v) is 10.9. The maximum Gasteiger partial charge on any atom is 0.443 e. The first-order valence-electron chi connectivity index (χ1n) is 10.0. The number of esters is 2. The number of amides is 1. The topological polar surface area (TPSA) is 95.0 Å². The van der Waals surface area contributed by atoms with Crippen molar-refractivity contribution in [1.82, 2.24) is 4.98 Å². The summed E-state index contributed by atoms with van der Waals surface area (Å²) in [7, 11) is 0. The summed E-state index contributed by atoms with van der Waals surface area (Å²) in [6.45, 7) is 4.57. The van der Waals surface area contributed by atoms with E-state index in [2.05, 4.69) is 4.98 Å². The number of hydroxylamine groups is 1. The molecule has 0 atom stereocenters. The van der Waals surface area contributed by atoms with Gasteiger partial charge < -0.3 is 9.47 Å². The van der Waals surface area contributed by atoms with Crippen LogP contribution in [-0.2, 0) is 43.1 Å². The Kier molecular flexibility index (Phi) is 9.35. The maximum atomic E-state index is 13.0. The SMILES string of the molecule is CCOC(=O)CC(=O)N(OCc1csc(C(F)(F)F)n1)c1c(CC)cccc1C(=O)OCC. The summed E-state index contributed by atoms with van der Waals surface area (Å²) in [5.74, 6) is -2.42. The van der Waals surface area contributed by atoms with Crippen LogP contribution in [0.15, 0.2) is 23.6 Å². The summed E-state index contributed by atoms with van der Waals surface area (Å²) in [6, 6.07) is 4.67. The average Bonchev–Trinajstić information content (AvgIpc) is 3.23. The van der Waals surface area contributed by atoms with Crippen LogP contribution in [0.1, 0.15) is 53.8 Å². The number of hydrogen-bond acceptors (Lipinski definition) is 8. The van der Waals surface area contributed by atoms with Crippen LogP contribution in [0.25, 0.3) is 0 Å². The molecule has 0 saturated carbocycles. The van der Waals surface area contributed by atoms with Crippen LogP contribution in [0.2, 0.25) is 0 Å². The van der Waals surface area contributed by atoms with Crippen molar-refractivity contribution in [3.8, 4) is 0 Å². The minimum absolute atomic E-state index is 0.00247. The van der Waals surface area contributed by atoms with Gasteiger partial charge in [0.15, 0.2) is 5.01 Å². The van der Waals surface area contributed by atoms with Gasteiger partial charge in [-0.2, -0.15) is 18.2 Å². The molecule has 1 heterocycles. The van der Waals surface area contributed by atoms with Gasteiger partial charge in [-0.1, -0.05) is 19.1 Å². The number of carbonyl (C=O) groups is 3. The molecule has 2 aromatic rings. The highest BCUT2D eigenvalue weighted by molar-refractivity contribution is 7.09. The molecule has 0 saturated heterocycles. The summed E-state index contributed by atoms with van der Waals surface area (Å²) >= 11 is 0.384. The van der Waals surface area contributed by atoms with Crippen molar-refractivity contribution in [2.45, 2.75) is 46.4 Å². The molecule has 0 aliphatic heterocycles. The van der Waals surface area contributed by atoms with Crippen molar-refractivity contribution in [3.05, 3.63) is 45.4 Å². The predicted molar refractivity (Wildman–Crippen MR) is 112 cm³/mol. The zero-order chi connectivity index (χ0) is 24.6. The van der Waals surface area contributed by atoms with Gasteiger partial charge in [-0.25, -0.2) is 9.78 Å². The van der Waals surface area contributed by atoms with Gasteiger partial charge in [-0.15, -0.1) is 11.3 Å². The van der Waals surface area contributed by atoms with Gasteiger partial charge >= 0.3 is 18.1 Å². The third-order valence-corrected chi connectivity index (χ3v) is 5.10. The molecule has 0 fully saturated rings. The number of carbonyl (C=O) groups excluding carboxylic acids is 3. The van der Waals surface area contributed by atoms with Crippen LogP contribution >= 0.6 is 11.3 Å². The molecule has 2 rings (SSSR count). The number of para-hydroxylation sites is 1. The summed E-state index contributed by atoms with van der Waals surface area (Å²) in [5.41, 5.74) is 0.488. The average molecular weight is 488 g/mol. The fraction of sp³-hybridized carbons (Fsp3) is 0.429. The molecular weight excluding hydrogens is 465 g/mol. The molecule has 0 unspecified atom stereocenters. The second-order valence-electron chi connectivity index (χ2n) is 6.47. The first kappa shape index (κ1) is 26.3. The van der Waals surface area contributed by atoms with E-state index in [-0.39, 0.29) is 30.2 Å². The molecule has 0 radical (unpaired) electrons. The zero-order valence-electron chi connectivity index (χ0n) is 18.2. The van der Waals surface area contributed by atoms with Crippen LogP contribution in [-0.4, -0.2) is 36.0 Å². The van der Waals surface area contributed by atoms with Crippen LogP contribution < -0.4 is 5.06 Å². The summed E-state index contributed by atoms with van der Waals surface area (Å²) in [5, 5.41) is 0.815. The lowest BCUT2D eigenvalue weighted by atomic mass is 10.0. The number of aryl methyl sites for hydroxylation is 1. The summed E-state index contributed by atoms with van der Waals surface area (Å²) in [4.78, 5) is 46.4. The number of anilines is 1. The summed E-state index contributed by atoms with van der Waals surface area (Å²) in [6.07, 6.45) is -4.95. The van der Waals surface area contributed by atoms with Crippen LogP contribution in [0.3, 0.4) is 0 Å². The van der Waals surface area contributed by atoms with Crippen molar-refractivity contribution in [2.24, 2.45) is 0 Å². The Labute approximate surface area is 192 Å². The van der Waals surface area contributed by atoms with Gasteiger partial charge in [0.1, 0.15) is 13.0 Å². The fourth-order valence-corrected chi connectivity index (χ4v) is 3.46. The van der Waals surface area contributed by atoms with E-state index in [0.29, 0.717) is 23.3 Å². The molecular formula is C21H23F3N2O6S. The van der Waals surface area contributed by atoms with E-state index in [0.717, 1.165) is 10.4 Å². The minimum atomic E-state index is -4.62. The monoisotopic (exact) mass is 488 g/mol.